The molecule has 0 saturated heterocycles. The third kappa shape index (κ3) is 2.03. The average Bonchev–Trinajstić information content (AvgIpc) is 2.96. The number of nitrogens with two attached hydrogens (primary N) is 1. The fourth-order valence-electron chi connectivity index (χ4n) is 2.32. The summed E-state index contributed by atoms with van der Waals surface area (Å²) in [5.41, 5.74) is 5.78. The summed E-state index contributed by atoms with van der Waals surface area (Å²) in [4.78, 5) is 11.0. The molecule has 0 spiro atoms. The minimum Gasteiger partial charge on any atom is -0.368 e. The Balaban J connectivity index is 1.96. The zero-order valence-corrected chi connectivity index (χ0v) is 11.5. The zero-order valence-electron chi connectivity index (χ0n) is 10.7. The molecule has 0 radical (unpaired) electrons. The van der Waals surface area contributed by atoms with E-state index in [9.17, 15) is 0 Å². The Morgan fingerprint density at radius 2 is 2.28 bits per heavy atom. The number of thiophene rings is 1. The van der Waals surface area contributed by atoms with Crippen LogP contribution in [0.15, 0.2) is 6.07 Å². The van der Waals surface area contributed by atoms with Crippen LogP contribution in [0.5, 0.6) is 0 Å². The van der Waals surface area contributed by atoms with Crippen molar-refractivity contribution in [3.8, 4) is 0 Å². The summed E-state index contributed by atoms with van der Waals surface area (Å²) < 4.78 is 0. The third-order valence-corrected chi connectivity index (χ3v) is 4.75. The van der Waals surface area contributed by atoms with Gasteiger partial charge in [0.25, 0.3) is 0 Å². The molecule has 0 bridgehead atoms. The molecule has 96 valence electrons. The van der Waals surface area contributed by atoms with Gasteiger partial charge in [0.15, 0.2) is 0 Å². The smallest absolute Gasteiger partial charge is 0.223 e. The molecule has 2 aromatic rings. The highest BCUT2D eigenvalue weighted by molar-refractivity contribution is 7.18. The predicted octanol–water partition coefficient (Wildman–Crippen LogP) is 3.05. The van der Waals surface area contributed by atoms with Crippen LogP contribution in [-0.4, -0.2) is 16.0 Å². The first-order chi connectivity index (χ1) is 8.71. The molecule has 2 aromatic heterocycles. The van der Waals surface area contributed by atoms with Gasteiger partial charge >= 0.3 is 0 Å². The van der Waals surface area contributed by atoms with E-state index in [4.69, 9.17) is 5.73 Å². The van der Waals surface area contributed by atoms with Crippen LogP contribution in [0.1, 0.15) is 31.6 Å². The van der Waals surface area contributed by atoms with E-state index in [1.54, 1.807) is 11.3 Å². The lowest BCUT2D eigenvalue weighted by Gasteiger charge is -2.06. The standard InChI is InChI=1S/C13H18N4S/c1-3-7-5-10(7)15-11-9-6-8(4-2)18-12(9)17-13(14)16-11/h6-7,10H,3-5H2,1-2H3,(H3,14,15,16,17). The molecular weight excluding hydrogens is 244 g/mol. The molecular formula is C13H18N4S. The Morgan fingerprint density at radius 3 is 2.94 bits per heavy atom. The summed E-state index contributed by atoms with van der Waals surface area (Å²) >= 11 is 1.71. The molecule has 0 amide bonds. The Hall–Kier alpha value is -1.36. The van der Waals surface area contributed by atoms with Crippen molar-refractivity contribution in [2.24, 2.45) is 5.92 Å². The first-order valence-electron chi connectivity index (χ1n) is 6.53. The van der Waals surface area contributed by atoms with E-state index < -0.39 is 0 Å². The molecule has 1 saturated carbocycles. The number of fused-ring (bicyclic) bond motifs is 1. The lowest BCUT2D eigenvalue weighted by molar-refractivity contribution is 0.774. The van der Waals surface area contributed by atoms with Crippen LogP contribution in [0, 0.1) is 5.92 Å². The molecule has 0 aliphatic heterocycles. The second kappa shape index (κ2) is 4.39. The number of rotatable bonds is 4. The van der Waals surface area contributed by atoms with Crippen molar-refractivity contribution >= 4 is 33.3 Å². The Morgan fingerprint density at radius 1 is 1.44 bits per heavy atom. The minimum absolute atomic E-state index is 0.364. The summed E-state index contributed by atoms with van der Waals surface area (Å²) in [5.74, 6) is 2.07. The first kappa shape index (κ1) is 11.7. The maximum absolute atomic E-state index is 5.78. The lowest BCUT2D eigenvalue weighted by atomic mass is 10.3. The summed E-state index contributed by atoms with van der Waals surface area (Å²) in [5, 5.41) is 4.63. The van der Waals surface area contributed by atoms with Crippen molar-refractivity contribution in [3.05, 3.63) is 10.9 Å². The van der Waals surface area contributed by atoms with Crippen LogP contribution in [0.2, 0.25) is 0 Å². The van der Waals surface area contributed by atoms with E-state index in [0.717, 1.165) is 28.4 Å². The number of aryl methyl sites for hydroxylation is 1. The van der Waals surface area contributed by atoms with E-state index in [-0.39, 0.29) is 0 Å². The van der Waals surface area contributed by atoms with E-state index >= 15 is 0 Å². The zero-order chi connectivity index (χ0) is 12.7. The highest BCUT2D eigenvalue weighted by atomic mass is 32.1. The largest absolute Gasteiger partial charge is 0.368 e. The van der Waals surface area contributed by atoms with Gasteiger partial charge < -0.3 is 11.1 Å². The molecule has 2 atom stereocenters. The maximum atomic E-state index is 5.78. The SMILES string of the molecule is CCc1cc2c(NC3CC3CC)nc(N)nc2s1. The van der Waals surface area contributed by atoms with Crippen molar-refractivity contribution in [1.29, 1.82) is 0 Å². The molecule has 3 N–H and O–H groups in total. The Kier molecular flexibility index (Phi) is 2.86. The Bertz CT molecular complexity index is 578. The molecule has 1 aliphatic carbocycles. The van der Waals surface area contributed by atoms with Gasteiger partial charge in [0.2, 0.25) is 5.95 Å². The van der Waals surface area contributed by atoms with E-state index in [1.807, 2.05) is 0 Å². The van der Waals surface area contributed by atoms with Crippen LogP contribution in [0.3, 0.4) is 0 Å². The molecule has 1 aliphatic rings. The predicted molar refractivity (Wildman–Crippen MR) is 77.0 cm³/mol. The molecule has 0 aromatic carbocycles. The van der Waals surface area contributed by atoms with Crippen LogP contribution in [-0.2, 0) is 6.42 Å². The number of anilines is 2. The first-order valence-corrected chi connectivity index (χ1v) is 7.35. The van der Waals surface area contributed by atoms with Crippen molar-refractivity contribution < 1.29 is 0 Å². The van der Waals surface area contributed by atoms with Crippen molar-refractivity contribution in [2.75, 3.05) is 11.1 Å². The molecule has 2 unspecified atom stereocenters. The van der Waals surface area contributed by atoms with Gasteiger partial charge in [-0.05, 0) is 24.8 Å². The fourth-order valence-corrected chi connectivity index (χ4v) is 3.30. The second-order valence-electron chi connectivity index (χ2n) is 4.87. The minimum atomic E-state index is 0.364. The molecule has 18 heavy (non-hydrogen) atoms. The van der Waals surface area contributed by atoms with E-state index in [2.05, 4.69) is 35.2 Å². The van der Waals surface area contributed by atoms with Gasteiger partial charge in [0.05, 0.1) is 5.39 Å². The normalized spacial score (nSPS) is 22.3. The van der Waals surface area contributed by atoms with Crippen molar-refractivity contribution in [3.63, 3.8) is 0 Å². The maximum Gasteiger partial charge on any atom is 0.223 e. The number of nitrogen functional groups attached to an aromatic ring is 1. The van der Waals surface area contributed by atoms with Crippen molar-refractivity contribution in [2.45, 2.75) is 39.2 Å². The van der Waals surface area contributed by atoms with E-state index in [0.29, 0.717) is 12.0 Å². The van der Waals surface area contributed by atoms with Gasteiger partial charge in [-0.1, -0.05) is 20.3 Å². The summed E-state index contributed by atoms with van der Waals surface area (Å²) in [6.07, 6.45) is 3.50. The second-order valence-corrected chi connectivity index (χ2v) is 5.99. The van der Waals surface area contributed by atoms with E-state index in [1.165, 1.54) is 17.7 Å². The number of hydrogen-bond acceptors (Lipinski definition) is 5. The van der Waals surface area contributed by atoms with Crippen molar-refractivity contribution in [1.82, 2.24) is 9.97 Å². The van der Waals surface area contributed by atoms with Crippen LogP contribution < -0.4 is 11.1 Å². The third-order valence-electron chi connectivity index (χ3n) is 3.58. The monoisotopic (exact) mass is 262 g/mol. The summed E-state index contributed by atoms with van der Waals surface area (Å²) in [7, 11) is 0. The van der Waals surface area contributed by atoms with Gasteiger partial charge in [-0.15, -0.1) is 11.3 Å². The summed E-state index contributed by atoms with van der Waals surface area (Å²) in [6.45, 7) is 4.39. The quantitative estimate of drug-likeness (QED) is 0.889. The topological polar surface area (TPSA) is 63.8 Å². The average molecular weight is 262 g/mol. The van der Waals surface area contributed by atoms with Gasteiger partial charge in [0.1, 0.15) is 10.6 Å². The fraction of sp³-hybridized carbons (Fsp3) is 0.538. The number of hydrogen-bond donors (Lipinski definition) is 2. The lowest BCUT2D eigenvalue weighted by Crippen LogP contribution is -2.08. The van der Waals surface area contributed by atoms with Crippen LogP contribution >= 0.6 is 11.3 Å². The van der Waals surface area contributed by atoms with Gasteiger partial charge in [-0.25, -0.2) is 4.98 Å². The highest BCUT2D eigenvalue weighted by Crippen LogP contribution is 2.38. The highest BCUT2D eigenvalue weighted by Gasteiger charge is 2.35. The number of nitrogens with zero attached hydrogens (tertiary/aromatic N) is 2. The molecule has 2 heterocycles. The van der Waals surface area contributed by atoms with Crippen LogP contribution in [0.4, 0.5) is 11.8 Å². The molecule has 4 nitrogen and oxygen atoms in total. The van der Waals surface area contributed by atoms with Gasteiger partial charge in [-0.3, -0.25) is 0 Å². The summed E-state index contributed by atoms with van der Waals surface area (Å²) in [6, 6.07) is 2.75. The number of nitrogens with one attached hydrogen (secondary N) is 1. The van der Waals surface area contributed by atoms with Gasteiger partial charge in [0, 0.05) is 10.9 Å². The number of aromatic nitrogens is 2. The molecule has 5 heteroatoms. The van der Waals surface area contributed by atoms with Gasteiger partial charge in [-0.2, -0.15) is 4.98 Å². The van der Waals surface area contributed by atoms with Crippen LogP contribution in [0.25, 0.3) is 10.2 Å². The Labute approximate surface area is 111 Å². The molecule has 1 fully saturated rings. The molecule has 3 rings (SSSR count).